The van der Waals surface area contributed by atoms with Crippen LogP contribution in [0.25, 0.3) is 0 Å². The van der Waals surface area contributed by atoms with Crippen molar-refractivity contribution in [2.45, 2.75) is 18.9 Å². The standard InChI is InChI=1S/C14H16ClN3/c15-12-3-1-2-10(6-12)7-13(16)8-11-9-18-5-4-14(11)17/h1-6,9,13H,7-8,16H2,(H2,17,18). The summed E-state index contributed by atoms with van der Waals surface area (Å²) in [7, 11) is 0. The van der Waals surface area contributed by atoms with Gasteiger partial charge in [-0.15, -0.1) is 0 Å². The number of hydrogen-bond donors (Lipinski definition) is 2. The molecule has 0 saturated heterocycles. The first kappa shape index (κ1) is 12.9. The Labute approximate surface area is 112 Å². The molecule has 1 aromatic carbocycles. The lowest BCUT2D eigenvalue weighted by molar-refractivity contribution is 0.664. The number of pyridine rings is 1. The van der Waals surface area contributed by atoms with E-state index in [1.165, 1.54) is 0 Å². The Hall–Kier alpha value is -1.58. The molecule has 1 unspecified atom stereocenters. The van der Waals surface area contributed by atoms with Crippen molar-refractivity contribution in [3.8, 4) is 0 Å². The summed E-state index contributed by atoms with van der Waals surface area (Å²) < 4.78 is 0. The van der Waals surface area contributed by atoms with Gasteiger partial charge in [-0.05, 0) is 42.2 Å². The van der Waals surface area contributed by atoms with Crippen LogP contribution in [0.15, 0.2) is 42.7 Å². The van der Waals surface area contributed by atoms with Crippen LogP contribution < -0.4 is 11.5 Å². The Morgan fingerprint density at radius 1 is 1.22 bits per heavy atom. The summed E-state index contributed by atoms with van der Waals surface area (Å²) in [6.07, 6.45) is 4.94. The summed E-state index contributed by atoms with van der Waals surface area (Å²) in [6, 6.07) is 9.56. The average Bonchev–Trinajstić information content (AvgIpc) is 2.32. The van der Waals surface area contributed by atoms with E-state index in [9.17, 15) is 0 Å². The molecular weight excluding hydrogens is 246 g/mol. The Bertz CT molecular complexity index is 528. The zero-order valence-electron chi connectivity index (χ0n) is 10.0. The molecule has 0 saturated carbocycles. The van der Waals surface area contributed by atoms with E-state index in [-0.39, 0.29) is 6.04 Å². The fourth-order valence-electron chi connectivity index (χ4n) is 1.93. The highest BCUT2D eigenvalue weighted by atomic mass is 35.5. The van der Waals surface area contributed by atoms with E-state index in [1.807, 2.05) is 24.3 Å². The molecule has 1 heterocycles. The third-order valence-electron chi connectivity index (χ3n) is 2.81. The first-order valence-electron chi connectivity index (χ1n) is 5.83. The summed E-state index contributed by atoms with van der Waals surface area (Å²) in [5, 5.41) is 0.737. The minimum atomic E-state index is 0.00923. The molecule has 94 valence electrons. The van der Waals surface area contributed by atoms with Crippen LogP contribution in [0.5, 0.6) is 0 Å². The predicted molar refractivity (Wildman–Crippen MR) is 75.5 cm³/mol. The molecule has 0 aliphatic heterocycles. The van der Waals surface area contributed by atoms with Crippen LogP contribution in [-0.4, -0.2) is 11.0 Å². The average molecular weight is 262 g/mol. The summed E-state index contributed by atoms with van der Waals surface area (Å²) in [6.45, 7) is 0. The lowest BCUT2D eigenvalue weighted by Gasteiger charge is -2.13. The van der Waals surface area contributed by atoms with Crippen LogP contribution in [-0.2, 0) is 12.8 Å². The number of halogens is 1. The van der Waals surface area contributed by atoms with Crippen molar-refractivity contribution < 1.29 is 0 Å². The fourth-order valence-corrected chi connectivity index (χ4v) is 2.14. The molecule has 1 aromatic heterocycles. The SMILES string of the molecule is Nc1ccncc1CC(N)Cc1cccc(Cl)c1. The van der Waals surface area contributed by atoms with E-state index >= 15 is 0 Å². The molecule has 4 heteroatoms. The van der Waals surface area contributed by atoms with Gasteiger partial charge in [-0.3, -0.25) is 4.98 Å². The van der Waals surface area contributed by atoms with E-state index in [0.717, 1.165) is 28.3 Å². The Balaban J connectivity index is 2.01. The third-order valence-corrected chi connectivity index (χ3v) is 3.05. The topological polar surface area (TPSA) is 64.9 Å². The molecule has 1 atom stereocenters. The molecule has 0 radical (unpaired) electrons. The Morgan fingerprint density at radius 3 is 2.78 bits per heavy atom. The lowest BCUT2D eigenvalue weighted by atomic mass is 10.00. The fraction of sp³-hybridized carbons (Fsp3) is 0.214. The van der Waals surface area contributed by atoms with E-state index in [0.29, 0.717) is 6.42 Å². The van der Waals surface area contributed by atoms with Crippen LogP contribution in [0.1, 0.15) is 11.1 Å². The second-order valence-electron chi connectivity index (χ2n) is 4.37. The smallest absolute Gasteiger partial charge is 0.0408 e. The van der Waals surface area contributed by atoms with Gasteiger partial charge in [-0.1, -0.05) is 23.7 Å². The number of nitrogens with two attached hydrogens (primary N) is 2. The largest absolute Gasteiger partial charge is 0.398 e. The molecule has 3 nitrogen and oxygen atoms in total. The number of hydrogen-bond acceptors (Lipinski definition) is 3. The van der Waals surface area contributed by atoms with Gasteiger partial charge < -0.3 is 11.5 Å². The van der Waals surface area contributed by atoms with Gasteiger partial charge in [0.05, 0.1) is 0 Å². The Morgan fingerprint density at radius 2 is 2.06 bits per heavy atom. The van der Waals surface area contributed by atoms with Gasteiger partial charge in [0.2, 0.25) is 0 Å². The third kappa shape index (κ3) is 3.45. The highest BCUT2D eigenvalue weighted by molar-refractivity contribution is 6.30. The number of nitrogens with zero attached hydrogens (tertiary/aromatic N) is 1. The molecule has 18 heavy (non-hydrogen) atoms. The normalized spacial score (nSPS) is 12.3. The first-order valence-corrected chi connectivity index (χ1v) is 6.21. The van der Waals surface area contributed by atoms with Crippen molar-refractivity contribution >= 4 is 17.3 Å². The zero-order valence-corrected chi connectivity index (χ0v) is 10.8. The molecule has 0 amide bonds. The second kappa shape index (κ2) is 5.85. The summed E-state index contributed by atoms with van der Waals surface area (Å²) >= 11 is 5.94. The van der Waals surface area contributed by atoms with Gasteiger partial charge in [0.25, 0.3) is 0 Å². The van der Waals surface area contributed by atoms with E-state index < -0.39 is 0 Å². The number of nitrogen functional groups attached to an aromatic ring is 1. The minimum Gasteiger partial charge on any atom is -0.398 e. The predicted octanol–water partition coefficient (Wildman–Crippen LogP) is 2.43. The van der Waals surface area contributed by atoms with Gasteiger partial charge in [-0.2, -0.15) is 0 Å². The Kier molecular flexibility index (Phi) is 4.18. The molecular formula is C14H16ClN3. The van der Waals surface area contributed by atoms with Gasteiger partial charge >= 0.3 is 0 Å². The van der Waals surface area contributed by atoms with Crippen molar-refractivity contribution in [3.05, 3.63) is 58.9 Å². The van der Waals surface area contributed by atoms with Crippen LogP contribution in [0.4, 0.5) is 5.69 Å². The van der Waals surface area contributed by atoms with Crippen molar-refractivity contribution in [1.29, 1.82) is 0 Å². The van der Waals surface area contributed by atoms with Crippen LogP contribution in [0.3, 0.4) is 0 Å². The second-order valence-corrected chi connectivity index (χ2v) is 4.81. The van der Waals surface area contributed by atoms with Crippen molar-refractivity contribution in [2.75, 3.05) is 5.73 Å². The number of aromatic nitrogens is 1. The number of rotatable bonds is 4. The molecule has 0 aliphatic carbocycles. The first-order chi connectivity index (χ1) is 8.65. The zero-order chi connectivity index (χ0) is 13.0. The molecule has 0 spiro atoms. The van der Waals surface area contributed by atoms with Gasteiger partial charge in [-0.25, -0.2) is 0 Å². The van der Waals surface area contributed by atoms with Crippen molar-refractivity contribution in [1.82, 2.24) is 4.98 Å². The lowest BCUT2D eigenvalue weighted by Crippen LogP contribution is -2.26. The van der Waals surface area contributed by atoms with E-state index in [4.69, 9.17) is 23.1 Å². The highest BCUT2D eigenvalue weighted by Gasteiger charge is 2.08. The summed E-state index contributed by atoms with van der Waals surface area (Å²) in [4.78, 5) is 4.06. The molecule has 0 fully saturated rings. The van der Waals surface area contributed by atoms with E-state index in [1.54, 1.807) is 18.5 Å². The van der Waals surface area contributed by atoms with Gasteiger partial charge in [0, 0.05) is 29.1 Å². The number of anilines is 1. The molecule has 0 aliphatic rings. The minimum absolute atomic E-state index is 0.00923. The maximum absolute atomic E-state index is 6.13. The monoisotopic (exact) mass is 261 g/mol. The van der Waals surface area contributed by atoms with E-state index in [2.05, 4.69) is 4.98 Å². The number of benzene rings is 1. The van der Waals surface area contributed by atoms with Gasteiger partial charge in [0.1, 0.15) is 0 Å². The van der Waals surface area contributed by atoms with Crippen LogP contribution in [0.2, 0.25) is 5.02 Å². The molecule has 2 aromatic rings. The molecule has 2 rings (SSSR count). The van der Waals surface area contributed by atoms with Crippen LogP contribution in [0, 0.1) is 0 Å². The maximum atomic E-state index is 6.13. The molecule has 4 N–H and O–H groups in total. The van der Waals surface area contributed by atoms with Crippen molar-refractivity contribution in [3.63, 3.8) is 0 Å². The van der Waals surface area contributed by atoms with Crippen LogP contribution >= 0.6 is 11.6 Å². The highest BCUT2D eigenvalue weighted by Crippen LogP contribution is 2.15. The van der Waals surface area contributed by atoms with Crippen molar-refractivity contribution in [2.24, 2.45) is 5.73 Å². The quantitative estimate of drug-likeness (QED) is 0.888. The summed E-state index contributed by atoms with van der Waals surface area (Å²) in [5.74, 6) is 0. The maximum Gasteiger partial charge on any atom is 0.0408 e. The molecule has 0 bridgehead atoms. The summed E-state index contributed by atoms with van der Waals surface area (Å²) in [5.41, 5.74) is 14.9. The van der Waals surface area contributed by atoms with Gasteiger partial charge in [0.15, 0.2) is 0 Å².